The fraction of sp³-hybridized carbons (Fsp3) is 0.300. The van der Waals surface area contributed by atoms with Crippen LogP contribution in [0.2, 0.25) is 0 Å². The molecule has 0 unspecified atom stereocenters. The van der Waals surface area contributed by atoms with Crippen molar-refractivity contribution >= 4 is 21.8 Å². The first-order chi connectivity index (χ1) is 7.16. The van der Waals surface area contributed by atoms with Gasteiger partial charge < -0.3 is 15.2 Å². The zero-order valence-electron chi connectivity index (χ0n) is 8.42. The first-order valence-corrected chi connectivity index (χ1v) is 5.20. The molecule has 3 N–H and O–H groups in total. The SMILES string of the molecule is COCCOc1cccc(Br)c1C(=N)N. The monoisotopic (exact) mass is 272 g/mol. The molecule has 1 aromatic carbocycles. The van der Waals surface area contributed by atoms with E-state index in [1.807, 2.05) is 12.1 Å². The highest BCUT2D eigenvalue weighted by molar-refractivity contribution is 9.10. The number of benzene rings is 1. The largest absolute Gasteiger partial charge is 0.490 e. The second-order valence-electron chi connectivity index (χ2n) is 2.87. The molecule has 0 amide bonds. The molecule has 82 valence electrons. The van der Waals surface area contributed by atoms with Crippen LogP contribution in [-0.4, -0.2) is 26.2 Å². The Bertz CT molecular complexity index is 355. The molecule has 1 rings (SSSR count). The Balaban J connectivity index is 2.86. The van der Waals surface area contributed by atoms with E-state index in [-0.39, 0.29) is 5.84 Å². The standard InChI is InChI=1S/C10H13BrN2O2/c1-14-5-6-15-8-4-2-3-7(11)9(8)10(12)13/h2-4H,5-6H2,1H3,(H3,12,13). The maximum Gasteiger partial charge on any atom is 0.131 e. The number of amidine groups is 1. The van der Waals surface area contributed by atoms with Crippen LogP contribution in [0.4, 0.5) is 0 Å². The van der Waals surface area contributed by atoms with Gasteiger partial charge in [-0.15, -0.1) is 0 Å². The average molecular weight is 273 g/mol. The Morgan fingerprint density at radius 3 is 2.80 bits per heavy atom. The second-order valence-corrected chi connectivity index (χ2v) is 3.72. The van der Waals surface area contributed by atoms with Crippen molar-refractivity contribution in [2.45, 2.75) is 0 Å². The lowest BCUT2D eigenvalue weighted by Crippen LogP contribution is -2.15. The number of hydrogen-bond acceptors (Lipinski definition) is 3. The third kappa shape index (κ3) is 3.21. The minimum Gasteiger partial charge on any atom is -0.490 e. The Morgan fingerprint density at radius 2 is 2.20 bits per heavy atom. The van der Waals surface area contributed by atoms with Crippen LogP contribution in [0.1, 0.15) is 5.56 Å². The van der Waals surface area contributed by atoms with Gasteiger partial charge in [0.05, 0.1) is 12.2 Å². The van der Waals surface area contributed by atoms with Crippen molar-refractivity contribution in [1.29, 1.82) is 5.41 Å². The smallest absolute Gasteiger partial charge is 0.131 e. The minimum atomic E-state index is -0.0186. The van der Waals surface area contributed by atoms with Gasteiger partial charge in [0.15, 0.2) is 0 Å². The number of nitrogens with two attached hydrogens (primary N) is 1. The molecule has 0 bridgehead atoms. The molecule has 0 fully saturated rings. The summed E-state index contributed by atoms with van der Waals surface area (Å²) < 4.78 is 11.1. The lowest BCUT2D eigenvalue weighted by Gasteiger charge is -2.11. The number of halogens is 1. The molecule has 0 heterocycles. The van der Waals surface area contributed by atoms with Crippen molar-refractivity contribution < 1.29 is 9.47 Å². The summed E-state index contributed by atoms with van der Waals surface area (Å²) in [5.74, 6) is 0.573. The van der Waals surface area contributed by atoms with Gasteiger partial charge in [-0.3, -0.25) is 5.41 Å². The molecule has 0 aliphatic carbocycles. The van der Waals surface area contributed by atoms with Crippen LogP contribution >= 0.6 is 15.9 Å². The van der Waals surface area contributed by atoms with Crippen LogP contribution in [0.3, 0.4) is 0 Å². The number of methoxy groups -OCH3 is 1. The van der Waals surface area contributed by atoms with Gasteiger partial charge in [0, 0.05) is 11.6 Å². The van der Waals surface area contributed by atoms with Gasteiger partial charge in [0.1, 0.15) is 18.2 Å². The van der Waals surface area contributed by atoms with E-state index < -0.39 is 0 Å². The zero-order chi connectivity index (χ0) is 11.3. The van der Waals surface area contributed by atoms with Crippen molar-refractivity contribution in [2.24, 2.45) is 5.73 Å². The topological polar surface area (TPSA) is 68.3 Å². The lowest BCUT2D eigenvalue weighted by molar-refractivity contribution is 0.146. The van der Waals surface area contributed by atoms with Crippen molar-refractivity contribution in [3.63, 3.8) is 0 Å². The van der Waals surface area contributed by atoms with E-state index in [1.165, 1.54) is 0 Å². The molecule has 0 aliphatic heterocycles. The summed E-state index contributed by atoms with van der Waals surface area (Å²) >= 11 is 3.32. The molecule has 0 radical (unpaired) electrons. The summed E-state index contributed by atoms with van der Waals surface area (Å²) in [5, 5.41) is 7.43. The lowest BCUT2D eigenvalue weighted by atomic mass is 10.2. The molecule has 1 aromatic rings. The van der Waals surface area contributed by atoms with Crippen molar-refractivity contribution in [3.8, 4) is 5.75 Å². The zero-order valence-corrected chi connectivity index (χ0v) is 10.0. The predicted molar refractivity (Wildman–Crippen MR) is 62.5 cm³/mol. The molecule has 15 heavy (non-hydrogen) atoms. The molecule has 0 atom stereocenters. The average Bonchev–Trinajstić information content (AvgIpc) is 2.17. The minimum absolute atomic E-state index is 0.0186. The maximum atomic E-state index is 7.43. The van der Waals surface area contributed by atoms with E-state index in [4.69, 9.17) is 20.6 Å². The summed E-state index contributed by atoms with van der Waals surface area (Å²) in [6.45, 7) is 0.942. The predicted octanol–water partition coefficient (Wildman–Crippen LogP) is 1.76. The molecule has 0 aliphatic rings. The highest BCUT2D eigenvalue weighted by Gasteiger charge is 2.10. The fourth-order valence-electron chi connectivity index (χ4n) is 1.12. The van der Waals surface area contributed by atoms with Crippen molar-refractivity contribution in [3.05, 3.63) is 28.2 Å². The second kappa shape index (κ2) is 5.72. The number of nitrogens with one attached hydrogen (secondary N) is 1. The van der Waals surface area contributed by atoms with Gasteiger partial charge in [-0.25, -0.2) is 0 Å². The van der Waals surface area contributed by atoms with Crippen LogP contribution in [0.5, 0.6) is 5.75 Å². The highest BCUT2D eigenvalue weighted by atomic mass is 79.9. The van der Waals surface area contributed by atoms with E-state index in [0.29, 0.717) is 24.5 Å². The maximum absolute atomic E-state index is 7.43. The van der Waals surface area contributed by atoms with E-state index in [0.717, 1.165) is 4.47 Å². The van der Waals surface area contributed by atoms with Gasteiger partial charge in [-0.05, 0) is 28.1 Å². The quantitative estimate of drug-likeness (QED) is 0.488. The first-order valence-electron chi connectivity index (χ1n) is 4.41. The highest BCUT2D eigenvalue weighted by Crippen LogP contribution is 2.26. The molecular weight excluding hydrogens is 260 g/mol. The number of nitrogen functional groups attached to an aromatic ring is 1. The van der Waals surface area contributed by atoms with Crippen LogP contribution in [-0.2, 0) is 4.74 Å². The van der Waals surface area contributed by atoms with Gasteiger partial charge >= 0.3 is 0 Å². The van der Waals surface area contributed by atoms with Crippen molar-refractivity contribution in [2.75, 3.05) is 20.3 Å². The van der Waals surface area contributed by atoms with E-state index in [9.17, 15) is 0 Å². The fourth-order valence-corrected chi connectivity index (χ4v) is 1.68. The normalized spacial score (nSPS) is 10.0. The summed E-state index contributed by atoms with van der Waals surface area (Å²) in [5.41, 5.74) is 6.04. The Morgan fingerprint density at radius 1 is 1.47 bits per heavy atom. The first kappa shape index (κ1) is 12.0. The van der Waals surface area contributed by atoms with Crippen molar-refractivity contribution in [1.82, 2.24) is 0 Å². The number of ether oxygens (including phenoxy) is 2. The van der Waals surface area contributed by atoms with Gasteiger partial charge in [0.2, 0.25) is 0 Å². The molecule has 0 saturated carbocycles. The van der Waals surface area contributed by atoms with Crippen LogP contribution in [0, 0.1) is 5.41 Å². The third-order valence-electron chi connectivity index (χ3n) is 1.79. The number of hydrogen-bond donors (Lipinski definition) is 2. The molecular formula is C10H13BrN2O2. The summed E-state index contributed by atoms with van der Waals surface area (Å²) in [7, 11) is 1.61. The van der Waals surface area contributed by atoms with Crippen LogP contribution in [0.15, 0.2) is 22.7 Å². The summed E-state index contributed by atoms with van der Waals surface area (Å²) in [6.07, 6.45) is 0. The van der Waals surface area contributed by atoms with E-state index >= 15 is 0 Å². The van der Waals surface area contributed by atoms with Gasteiger partial charge in [-0.1, -0.05) is 6.07 Å². The van der Waals surface area contributed by atoms with Gasteiger partial charge in [-0.2, -0.15) is 0 Å². The molecule has 0 spiro atoms. The van der Waals surface area contributed by atoms with E-state index in [2.05, 4.69) is 15.9 Å². The van der Waals surface area contributed by atoms with E-state index in [1.54, 1.807) is 13.2 Å². The number of rotatable bonds is 5. The molecule has 5 heteroatoms. The molecule has 0 saturated heterocycles. The Labute approximate surface area is 97.0 Å². The van der Waals surface area contributed by atoms with Gasteiger partial charge in [0.25, 0.3) is 0 Å². The van der Waals surface area contributed by atoms with Crippen LogP contribution in [0.25, 0.3) is 0 Å². The third-order valence-corrected chi connectivity index (χ3v) is 2.45. The van der Waals surface area contributed by atoms with Crippen LogP contribution < -0.4 is 10.5 Å². The summed E-state index contributed by atoms with van der Waals surface area (Å²) in [6, 6.07) is 5.43. The Kier molecular flexibility index (Phi) is 4.58. The Hall–Kier alpha value is -1.07. The summed E-state index contributed by atoms with van der Waals surface area (Å²) in [4.78, 5) is 0. The molecule has 0 aromatic heterocycles. The molecule has 4 nitrogen and oxygen atoms in total.